The molecule has 10 heteroatoms. The molecule has 0 aliphatic carbocycles. The second-order valence-corrected chi connectivity index (χ2v) is 7.77. The summed E-state index contributed by atoms with van der Waals surface area (Å²) in [7, 11) is 0. The average Bonchev–Trinajstić information content (AvgIpc) is 2.90. The van der Waals surface area contributed by atoms with Crippen LogP contribution in [-0.4, -0.2) is 26.5 Å². The smallest absolute Gasteiger partial charge is 0.348 e. The van der Waals surface area contributed by atoms with Gasteiger partial charge in [-0.15, -0.1) is 0 Å². The lowest BCUT2D eigenvalue weighted by molar-refractivity contribution is -0.142. The number of nitrogens with zero attached hydrogens (tertiary/aromatic N) is 3. The largest absolute Gasteiger partial charge is 0.433 e. The summed E-state index contributed by atoms with van der Waals surface area (Å²) in [5, 5.41) is 6.46. The molecule has 3 rings (SSSR count). The van der Waals surface area contributed by atoms with E-state index in [0.29, 0.717) is 10.1 Å². The van der Waals surface area contributed by atoms with E-state index in [1.54, 1.807) is 38.1 Å². The summed E-state index contributed by atoms with van der Waals surface area (Å²) < 4.78 is 42.4. The van der Waals surface area contributed by atoms with Gasteiger partial charge in [0.15, 0.2) is 17.0 Å². The fourth-order valence-corrected chi connectivity index (χ4v) is 3.22. The van der Waals surface area contributed by atoms with Gasteiger partial charge in [-0.1, -0.05) is 28.1 Å². The van der Waals surface area contributed by atoms with Crippen molar-refractivity contribution in [3.05, 3.63) is 50.7 Å². The Kier molecular flexibility index (Phi) is 5.31. The third kappa shape index (κ3) is 4.01. The van der Waals surface area contributed by atoms with Gasteiger partial charge in [-0.3, -0.25) is 4.79 Å². The second kappa shape index (κ2) is 7.23. The first-order chi connectivity index (χ1) is 12.6. The minimum atomic E-state index is -4.68. The van der Waals surface area contributed by atoms with E-state index in [1.165, 1.54) is 0 Å². The number of halogens is 5. The molecule has 0 atom stereocenters. The van der Waals surface area contributed by atoms with Gasteiger partial charge < -0.3 is 5.32 Å². The summed E-state index contributed by atoms with van der Waals surface area (Å²) in [6.45, 7) is 3.49. The number of alkyl halides is 3. The first-order valence-corrected chi connectivity index (χ1v) is 9.40. The van der Waals surface area contributed by atoms with Crippen molar-refractivity contribution >= 4 is 43.4 Å². The summed E-state index contributed by atoms with van der Waals surface area (Å²) in [5.41, 5.74) is -0.632. The fraction of sp³-hybridized carbons (Fsp3) is 0.235. The minimum Gasteiger partial charge on any atom is -0.348 e. The molecule has 0 saturated carbocycles. The zero-order chi connectivity index (χ0) is 19.9. The summed E-state index contributed by atoms with van der Waals surface area (Å²) in [6.07, 6.45) is -4.68. The van der Waals surface area contributed by atoms with Gasteiger partial charge in [0, 0.05) is 16.1 Å². The molecule has 2 heterocycles. The highest BCUT2D eigenvalue weighted by Crippen LogP contribution is 2.34. The van der Waals surface area contributed by atoms with Crippen LogP contribution in [0.2, 0.25) is 0 Å². The number of fused-ring (bicyclic) bond motifs is 1. The Hall–Kier alpha value is -1.94. The predicted octanol–water partition coefficient (Wildman–Crippen LogP) is 5.08. The Morgan fingerprint density at radius 1 is 1.19 bits per heavy atom. The number of benzene rings is 1. The molecule has 1 aromatic carbocycles. The highest BCUT2D eigenvalue weighted by atomic mass is 79.9. The van der Waals surface area contributed by atoms with Gasteiger partial charge in [-0.05, 0) is 48.0 Å². The van der Waals surface area contributed by atoms with Crippen molar-refractivity contribution in [2.45, 2.75) is 26.1 Å². The molecule has 0 aliphatic heterocycles. The van der Waals surface area contributed by atoms with Crippen LogP contribution in [0.3, 0.4) is 0 Å². The number of hydrogen-bond donors (Lipinski definition) is 1. The van der Waals surface area contributed by atoms with Gasteiger partial charge in [0.25, 0.3) is 5.91 Å². The second-order valence-electron chi connectivity index (χ2n) is 6.06. The molecule has 0 unspecified atom stereocenters. The molecule has 1 amide bonds. The minimum absolute atomic E-state index is 0.0864. The third-order valence-electron chi connectivity index (χ3n) is 3.60. The van der Waals surface area contributed by atoms with Gasteiger partial charge in [0.2, 0.25) is 0 Å². The van der Waals surface area contributed by atoms with Crippen molar-refractivity contribution in [3.8, 4) is 11.3 Å². The standard InChI is InChI=1S/C17H13Br2F3N4O/c1-8(2)23-16(27)14-13(19)15-24-11(9-3-5-10(18)6-4-9)7-12(17(20,21)22)26(15)25-14/h3-8H,1-2H3,(H,23,27). The van der Waals surface area contributed by atoms with E-state index in [-0.39, 0.29) is 27.5 Å². The van der Waals surface area contributed by atoms with E-state index in [1.807, 2.05) is 0 Å². The highest BCUT2D eigenvalue weighted by Gasteiger charge is 2.36. The van der Waals surface area contributed by atoms with Crippen LogP contribution in [0.25, 0.3) is 16.9 Å². The zero-order valence-electron chi connectivity index (χ0n) is 14.1. The molecule has 3 aromatic rings. The van der Waals surface area contributed by atoms with Crippen molar-refractivity contribution in [2.75, 3.05) is 0 Å². The van der Waals surface area contributed by atoms with Crippen LogP contribution in [0, 0.1) is 0 Å². The van der Waals surface area contributed by atoms with E-state index >= 15 is 0 Å². The van der Waals surface area contributed by atoms with Crippen LogP contribution >= 0.6 is 31.9 Å². The van der Waals surface area contributed by atoms with Crippen LogP contribution in [0.5, 0.6) is 0 Å². The topological polar surface area (TPSA) is 59.3 Å². The molecule has 0 aliphatic rings. The Morgan fingerprint density at radius 2 is 1.81 bits per heavy atom. The molecule has 2 aromatic heterocycles. The molecule has 0 bridgehead atoms. The molecule has 27 heavy (non-hydrogen) atoms. The van der Waals surface area contributed by atoms with E-state index < -0.39 is 17.8 Å². The summed E-state index contributed by atoms with van der Waals surface area (Å²) in [5.74, 6) is -0.583. The van der Waals surface area contributed by atoms with E-state index in [2.05, 4.69) is 47.3 Å². The SMILES string of the molecule is CC(C)NC(=O)c1nn2c(C(F)(F)F)cc(-c3ccc(Br)cc3)nc2c1Br. The average molecular weight is 506 g/mol. The molecule has 0 saturated heterocycles. The maximum atomic E-state index is 13.6. The predicted molar refractivity (Wildman–Crippen MR) is 101 cm³/mol. The Morgan fingerprint density at radius 3 is 2.37 bits per heavy atom. The Bertz CT molecular complexity index is 1010. The lowest BCUT2D eigenvalue weighted by atomic mass is 10.1. The molecule has 142 valence electrons. The Balaban J connectivity index is 2.25. The van der Waals surface area contributed by atoms with Gasteiger partial charge >= 0.3 is 6.18 Å². The molecule has 0 fully saturated rings. The zero-order valence-corrected chi connectivity index (χ0v) is 17.3. The molecular formula is C17H13Br2F3N4O. The molecular weight excluding hydrogens is 493 g/mol. The summed E-state index contributed by atoms with van der Waals surface area (Å²) >= 11 is 6.47. The number of carbonyl (C=O) groups excluding carboxylic acids is 1. The van der Waals surface area contributed by atoms with Gasteiger partial charge in [0.1, 0.15) is 0 Å². The van der Waals surface area contributed by atoms with Gasteiger partial charge in [-0.2, -0.15) is 18.3 Å². The van der Waals surface area contributed by atoms with Crippen LogP contribution in [0.15, 0.2) is 39.3 Å². The first-order valence-electron chi connectivity index (χ1n) is 7.81. The first kappa shape index (κ1) is 19.8. The number of hydrogen-bond acceptors (Lipinski definition) is 3. The van der Waals surface area contributed by atoms with E-state index in [9.17, 15) is 18.0 Å². The van der Waals surface area contributed by atoms with Crippen molar-refractivity contribution in [1.82, 2.24) is 19.9 Å². The third-order valence-corrected chi connectivity index (χ3v) is 4.86. The maximum absolute atomic E-state index is 13.6. The lowest BCUT2D eigenvalue weighted by Gasteiger charge is -2.11. The van der Waals surface area contributed by atoms with Crippen LogP contribution < -0.4 is 5.32 Å². The molecule has 1 N–H and O–H groups in total. The monoisotopic (exact) mass is 504 g/mol. The van der Waals surface area contributed by atoms with Gasteiger partial charge in [0.05, 0.1) is 10.2 Å². The van der Waals surface area contributed by atoms with Crippen molar-refractivity contribution in [1.29, 1.82) is 0 Å². The number of rotatable bonds is 3. The van der Waals surface area contributed by atoms with Crippen molar-refractivity contribution < 1.29 is 18.0 Å². The summed E-state index contributed by atoms with van der Waals surface area (Å²) in [6, 6.07) is 7.45. The van der Waals surface area contributed by atoms with E-state index in [4.69, 9.17) is 0 Å². The normalized spacial score (nSPS) is 12.0. The van der Waals surface area contributed by atoms with Gasteiger partial charge in [-0.25, -0.2) is 9.50 Å². The number of nitrogens with one attached hydrogen (secondary N) is 1. The molecule has 0 radical (unpaired) electrons. The van der Waals surface area contributed by atoms with Crippen molar-refractivity contribution in [3.63, 3.8) is 0 Å². The molecule has 0 spiro atoms. The number of amides is 1. The van der Waals surface area contributed by atoms with E-state index in [0.717, 1.165) is 10.5 Å². The lowest BCUT2D eigenvalue weighted by Crippen LogP contribution is -2.30. The fourth-order valence-electron chi connectivity index (χ4n) is 2.44. The van der Waals surface area contributed by atoms with Crippen molar-refractivity contribution in [2.24, 2.45) is 0 Å². The quantitative estimate of drug-likeness (QED) is 0.540. The number of aromatic nitrogens is 3. The summed E-state index contributed by atoms with van der Waals surface area (Å²) in [4.78, 5) is 16.6. The van der Waals surface area contributed by atoms with Crippen LogP contribution in [0.4, 0.5) is 13.2 Å². The highest BCUT2D eigenvalue weighted by molar-refractivity contribution is 9.11. The van der Waals surface area contributed by atoms with Crippen LogP contribution in [0.1, 0.15) is 30.0 Å². The molecule has 5 nitrogen and oxygen atoms in total. The van der Waals surface area contributed by atoms with Crippen LogP contribution in [-0.2, 0) is 6.18 Å². The Labute approximate surface area is 169 Å². The maximum Gasteiger partial charge on any atom is 0.433 e. The number of carbonyl (C=O) groups is 1.